The number of nitrogens with two attached hydrogens (primary N) is 1. The summed E-state index contributed by atoms with van der Waals surface area (Å²) in [7, 11) is 0. The lowest BCUT2D eigenvalue weighted by Gasteiger charge is -2.42. The molecule has 0 aromatic heterocycles. The van der Waals surface area contributed by atoms with E-state index in [1.165, 1.54) is 0 Å². The summed E-state index contributed by atoms with van der Waals surface area (Å²) in [6, 6.07) is 0. The highest BCUT2D eigenvalue weighted by molar-refractivity contribution is 7.80. The second kappa shape index (κ2) is 5.31. The van der Waals surface area contributed by atoms with Crippen LogP contribution in [0, 0.1) is 5.92 Å². The highest BCUT2D eigenvalue weighted by Gasteiger charge is 2.30. The van der Waals surface area contributed by atoms with Crippen LogP contribution in [0.4, 0.5) is 0 Å². The van der Waals surface area contributed by atoms with Crippen LogP contribution in [0.2, 0.25) is 0 Å². The summed E-state index contributed by atoms with van der Waals surface area (Å²) < 4.78 is 0. The Morgan fingerprint density at radius 2 is 1.71 bits per heavy atom. The molecule has 0 aromatic rings. The van der Waals surface area contributed by atoms with Gasteiger partial charge < -0.3 is 10.6 Å². The molecule has 0 saturated carbocycles. The van der Waals surface area contributed by atoms with Crippen molar-refractivity contribution in [2.75, 3.05) is 26.2 Å². The van der Waals surface area contributed by atoms with E-state index >= 15 is 0 Å². The molecule has 0 bridgehead atoms. The molecule has 98 valence electrons. The molecule has 0 radical (unpaired) electrons. The van der Waals surface area contributed by atoms with Crippen molar-refractivity contribution in [1.82, 2.24) is 9.80 Å². The van der Waals surface area contributed by atoms with Crippen molar-refractivity contribution in [3.05, 3.63) is 0 Å². The molecule has 17 heavy (non-hydrogen) atoms. The molecule has 5 heteroatoms. The molecular weight excluding hydrogens is 234 g/mol. The first-order chi connectivity index (χ1) is 7.73. The zero-order chi connectivity index (χ0) is 13.2. The van der Waals surface area contributed by atoms with Gasteiger partial charge in [0, 0.05) is 31.7 Å². The average Bonchev–Trinajstić information content (AvgIpc) is 2.26. The van der Waals surface area contributed by atoms with Gasteiger partial charge in [-0.05, 0) is 27.7 Å². The van der Waals surface area contributed by atoms with E-state index in [1.54, 1.807) is 6.92 Å². The van der Waals surface area contributed by atoms with Gasteiger partial charge >= 0.3 is 0 Å². The van der Waals surface area contributed by atoms with Crippen LogP contribution in [0.15, 0.2) is 0 Å². The van der Waals surface area contributed by atoms with Crippen LogP contribution in [0.5, 0.6) is 0 Å². The number of thiocarbonyl (C=S) groups is 1. The van der Waals surface area contributed by atoms with Gasteiger partial charge in [0.2, 0.25) is 5.91 Å². The Hall–Kier alpha value is -0.680. The van der Waals surface area contributed by atoms with Gasteiger partial charge in [-0.3, -0.25) is 9.69 Å². The van der Waals surface area contributed by atoms with Gasteiger partial charge in [-0.1, -0.05) is 12.2 Å². The number of nitrogens with zero attached hydrogens (tertiary/aromatic N) is 2. The number of hydrogen-bond acceptors (Lipinski definition) is 3. The molecule has 1 unspecified atom stereocenters. The van der Waals surface area contributed by atoms with Crippen molar-refractivity contribution in [2.45, 2.75) is 33.2 Å². The van der Waals surface area contributed by atoms with Crippen LogP contribution in [-0.2, 0) is 4.79 Å². The van der Waals surface area contributed by atoms with Crippen molar-refractivity contribution in [1.29, 1.82) is 0 Å². The fourth-order valence-electron chi connectivity index (χ4n) is 1.99. The Morgan fingerprint density at radius 3 is 2.06 bits per heavy atom. The largest absolute Gasteiger partial charge is 0.393 e. The van der Waals surface area contributed by atoms with E-state index in [-0.39, 0.29) is 22.4 Å². The van der Waals surface area contributed by atoms with Crippen LogP contribution >= 0.6 is 12.2 Å². The first kappa shape index (κ1) is 14.4. The Bertz CT molecular complexity index is 303. The molecule has 1 rings (SSSR count). The van der Waals surface area contributed by atoms with E-state index in [0.29, 0.717) is 0 Å². The average molecular weight is 257 g/mol. The number of piperazine rings is 1. The van der Waals surface area contributed by atoms with Gasteiger partial charge in [0.1, 0.15) is 0 Å². The predicted octanol–water partition coefficient (Wildman–Crippen LogP) is 0.851. The summed E-state index contributed by atoms with van der Waals surface area (Å²) in [6.45, 7) is 11.7. The maximum absolute atomic E-state index is 12.0. The predicted molar refractivity (Wildman–Crippen MR) is 73.9 cm³/mol. The van der Waals surface area contributed by atoms with Crippen molar-refractivity contribution in [2.24, 2.45) is 11.7 Å². The third-order valence-corrected chi connectivity index (χ3v) is 3.69. The van der Waals surface area contributed by atoms with Gasteiger partial charge in [0.05, 0.1) is 10.9 Å². The fraction of sp³-hybridized carbons (Fsp3) is 0.833. The second-order valence-corrected chi connectivity index (χ2v) is 6.08. The molecule has 1 heterocycles. The lowest BCUT2D eigenvalue weighted by atomic mass is 10.0. The molecule has 0 spiro atoms. The minimum atomic E-state index is -0.341. The summed E-state index contributed by atoms with van der Waals surface area (Å²) in [6.07, 6.45) is 0. The van der Waals surface area contributed by atoms with Gasteiger partial charge in [0.15, 0.2) is 0 Å². The first-order valence-corrected chi connectivity index (χ1v) is 6.47. The molecular formula is C12H23N3OS. The number of carbonyl (C=O) groups excluding carboxylic acids is 1. The maximum Gasteiger partial charge on any atom is 0.232 e. The van der Waals surface area contributed by atoms with Crippen molar-refractivity contribution >= 4 is 23.1 Å². The van der Waals surface area contributed by atoms with Gasteiger partial charge in [-0.2, -0.15) is 0 Å². The van der Waals surface area contributed by atoms with E-state index in [4.69, 9.17) is 18.0 Å². The van der Waals surface area contributed by atoms with Crippen molar-refractivity contribution < 1.29 is 4.79 Å². The summed E-state index contributed by atoms with van der Waals surface area (Å²) in [5.74, 6) is -0.280. The minimum absolute atomic E-state index is 0.0612. The lowest BCUT2D eigenvalue weighted by molar-refractivity contribution is -0.135. The molecule has 0 aliphatic carbocycles. The van der Waals surface area contributed by atoms with E-state index < -0.39 is 0 Å². The van der Waals surface area contributed by atoms with Crippen molar-refractivity contribution in [3.8, 4) is 0 Å². The zero-order valence-electron chi connectivity index (χ0n) is 11.2. The highest BCUT2D eigenvalue weighted by Crippen LogP contribution is 2.16. The summed E-state index contributed by atoms with van der Waals surface area (Å²) in [5, 5.41) is 0. The Labute approximate surface area is 109 Å². The standard InChI is InChI=1S/C12H23N3OS/c1-9(10(13)17)11(16)14-5-7-15(8-6-14)12(2,3)4/h9H,5-8H2,1-4H3,(H2,13,17). The van der Waals surface area contributed by atoms with Gasteiger partial charge in [-0.15, -0.1) is 0 Å². The molecule has 1 aliphatic rings. The first-order valence-electron chi connectivity index (χ1n) is 6.06. The smallest absolute Gasteiger partial charge is 0.232 e. The fourth-order valence-corrected chi connectivity index (χ4v) is 2.09. The normalized spacial score (nSPS) is 20.1. The van der Waals surface area contributed by atoms with Gasteiger partial charge in [0.25, 0.3) is 0 Å². The maximum atomic E-state index is 12.0. The summed E-state index contributed by atoms with van der Waals surface area (Å²) in [4.78, 5) is 16.6. The highest BCUT2D eigenvalue weighted by atomic mass is 32.1. The SMILES string of the molecule is CC(C(=O)N1CCN(C(C)(C)C)CC1)C(N)=S. The minimum Gasteiger partial charge on any atom is -0.393 e. The third kappa shape index (κ3) is 3.64. The van der Waals surface area contributed by atoms with Crippen LogP contribution < -0.4 is 5.73 Å². The van der Waals surface area contributed by atoms with Crippen LogP contribution in [0.3, 0.4) is 0 Å². The summed E-state index contributed by atoms with van der Waals surface area (Å²) >= 11 is 4.87. The third-order valence-electron chi connectivity index (χ3n) is 3.34. The van der Waals surface area contributed by atoms with E-state index in [1.807, 2.05) is 4.90 Å². The monoisotopic (exact) mass is 257 g/mol. The molecule has 1 fully saturated rings. The van der Waals surface area contributed by atoms with Crippen LogP contribution in [0.1, 0.15) is 27.7 Å². The molecule has 1 aliphatic heterocycles. The van der Waals surface area contributed by atoms with E-state index in [2.05, 4.69) is 25.7 Å². The van der Waals surface area contributed by atoms with E-state index in [9.17, 15) is 4.79 Å². The quantitative estimate of drug-likeness (QED) is 0.745. The molecule has 2 N–H and O–H groups in total. The van der Waals surface area contributed by atoms with Gasteiger partial charge in [-0.25, -0.2) is 0 Å². The number of rotatable bonds is 2. The van der Waals surface area contributed by atoms with E-state index in [0.717, 1.165) is 26.2 Å². The number of carbonyl (C=O) groups is 1. The molecule has 4 nitrogen and oxygen atoms in total. The Morgan fingerprint density at radius 1 is 1.24 bits per heavy atom. The summed E-state index contributed by atoms with van der Waals surface area (Å²) in [5.41, 5.74) is 5.68. The molecule has 0 aromatic carbocycles. The van der Waals surface area contributed by atoms with Crippen LogP contribution in [-0.4, -0.2) is 52.4 Å². The topological polar surface area (TPSA) is 49.6 Å². The molecule has 1 atom stereocenters. The Balaban J connectivity index is 2.53. The number of hydrogen-bond donors (Lipinski definition) is 1. The lowest BCUT2D eigenvalue weighted by Crippen LogP contribution is -2.56. The second-order valence-electron chi connectivity index (χ2n) is 5.61. The molecule has 1 saturated heterocycles. The zero-order valence-corrected chi connectivity index (χ0v) is 12.0. The van der Waals surface area contributed by atoms with Crippen LogP contribution in [0.25, 0.3) is 0 Å². The Kier molecular flexibility index (Phi) is 4.49. The number of amides is 1. The molecule has 1 amide bonds. The van der Waals surface area contributed by atoms with Crippen molar-refractivity contribution in [3.63, 3.8) is 0 Å².